The summed E-state index contributed by atoms with van der Waals surface area (Å²) in [5.74, 6) is 3.65. The molecule has 0 radical (unpaired) electrons. The average Bonchev–Trinajstić information content (AvgIpc) is 3.00. The minimum atomic E-state index is 0.224. The van der Waals surface area contributed by atoms with Crippen LogP contribution in [-0.4, -0.2) is 28.0 Å². The van der Waals surface area contributed by atoms with Gasteiger partial charge in [0, 0.05) is 13.1 Å². The van der Waals surface area contributed by atoms with Crippen LogP contribution in [0, 0.1) is 17.8 Å². The van der Waals surface area contributed by atoms with Crippen molar-refractivity contribution in [2.75, 3.05) is 17.7 Å². The second kappa shape index (κ2) is 5.12. The van der Waals surface area contributed by atoms with E-state index < -0.39 is 0 Å². The summed E-state index contributed by atoms with van der Waals surface area (Å²) in [6.07, 6.45) is 5.57. The highest BCUT2D eigenvalue weighted by molar-refractivity contribution is 6.28. The van der Waals surface area contributed by atoms with Crippen molar-refractivity contribution >= 4 is 23.5 Å². The summed E-state index contributed by atoms with van der Waals surface area (Å²) in [5.41, 5.74) is 0. The first-order chi connectivity index (χ1) is 9.15. The Morgan fingerprint density at radius 2 is 1.95 bits per heavy atom. The van der Waals surface area contributed by atoms with Crippen LogP contribution in [0.5, 0.6) is 0 Å². The van der Waals surface area contributed by atoms with E-state index in [0.717, 1.165) is 17.8 Å². The monoisotopic (exact) mass is 281 g/mol. The molecule has 1 aromatic heterocycles. The number of hydrogen-bond acceptors (Lipinski definition) is 5. The Kier molecular flexibility index (Phi) is 3.48. The molecule has 5 nitrogen and oxygen atoms in total. The first-order valence-corrected chi connectivity index (χ1v) is 7.39. The molecule has 0 saturated heterocycles. The van der Waals surface area contributed by atoms with Crippen LogP contribution in [0.4, 0.5) is 11.9 Å². The van der Waals surface area contributed by atoms with E-state index in [4.69, 9.17) is 11.6 Å². The van der Waals surface area contributed by atoms with Gasteiger partial charge in [-0.05, 0) is 55.5 Å². The van der Waals surface area contributed by atoms with E-state index in [2.05, 4.69) is 32.5 Å². The maximum Gasteiger partial charge on any atom is 0.229 e. The highest BCUT2D eigenvalue weighted by atomic mass is 35.5. The third kappa shape index (κ3) is 2.61. The Morgan fingerprint density at radius 3 is 2.58 bits per heavy atom. The molecule has 4 atom stereocenters. The zero-order valence-electron chi connectivity index (χ0n) is 11.4. The first kappa shape index (κ1) is 12.9. The SMILES string of the molecule is CNc1nc(Cl)nc(NC(C)C2CC3CCC2C3)n1. The maximum atomic E-state index is 5.89. The van der Waals surface area contributed by atoms with Crippen LogP contribution < -0.4 is 10.6 Å². The van der Waals surface area contributed by atoms with Gasteiger partial charge >= 0.3 is 0 Å². The van der Waals surface area contributed by atoms with Crippen LogP contribution in [0.25, 0.3) is 0 Å². The molecule has 0 amide bonds. The van der Waals surface area contributed by atoms with Gasteiger partial charge in [-0.1, -0.05) is 6.42 Å². The summed E-state index contributed by atoms with van der Waals surface area (Å²) in [6.45, 7) is 2.22. The van der Waals surface area contributed by atoms with Crippen molar-refractivity contribution in [3.05, 3.63) is 5.28 Å². The largest absolute Gasteiger partial charge is 0.357 e. The Bertz CT molecular complexity index is 466. The number of aromatic nitrogens is 3. The number of nitrogens with zero attached hydrogens (tertiary/aromatic N) is 3. The fourth-order valence-electron chi connectivity index (χ4n) is 3.74. The Labute approximate surface area is 118 Å². The lowest BCUT2D eigenvalue weighted by Crippen LogP contribution is -2.30. The zero-order valence-corrected chi connectivity index (χ0v) is 12.1. The molecule has 1 heterocycles. The van der Waals surface area contributed by atoms with E-state index in [-0.39, 0.29) is 5.28 Å². The minimum absolute atomic E-state index is 0.224. The van der Waals surface area contributed by atoms with Crippen molar-refractivity contribution in [1.82, 2.24) is 15.0 Å². The number of nitrogens with one attached hydrogen (secondary N) is 2. The lowest BCUT2D eigenvalue weighted by atomic mass is 9.84. The molecule has 3 rings (SSSR count). The molecule has 19 heavy (non-hydrogen) atoms. The number of halogens is 1. The molecule has 0 aliphatic heterocycles. The fraction of sp³-hybridized carbons (Fsp3) is 0.769. The Morgan fingerprint density at radius 1 is 1.16 bits per heavy atom. The van der Waals surface area contributed by atoms with Gasteiger partial charge in [0.05, 0.1) is 0 Å². The zero-order chi connectivity index (χ0) is 13.4. The lowest BCUT2D eigenvalue weighted by molar-refractivity contribution is 0.303. The van der Waals surface area contributed by atoms with Gasteiger partial charge in [0.2, 0.25) is 17.2 Å². The van der Waals surface area contributed by atoms with Crippen molar-refractivity contribution in [2.45, 2.75) is 38.6 Å². The molecule has 0 aromatic carbocycles. The maximum absolute atomic E-state index is 5.89. The lowest BCUT2D eigenvalue weighted by Gasteiger charge is -2.28. The van der Waals surface area contributed by atoms with Crippen molar-refractivity contribution in [2.24, 2.45) is 17.8 Å². The predicted octanol–water partition coefficient (Wildman–Crippen LogP) is 2.80. The molecule has 1 aromatic rings. The van der Waals surface area contributed by atoms with E-state index >= 15 is 0 Å². The molecule has 6 heteroatoms. The van der Waals surface area contributed by atoms with Gasteiger partial charge in [-0.2, -0.15) is 15.0 Å². The van der Waals surface area contributed by atoms with Crippen LogP contribution in [0.3, 0.4) is 0 Å². The smallest absolute Gasteiger partial charge is 0.229 e. The topological polar surface area (TPSA) is 62.7 Å². The molecular weight excluding hydrogens is 262 g/mol. The van der Waals surface area contributed by atoms with E-state index in [0.29, 0.717) is 17.9 Å². The van der Waals surface area contributed by atoms with Crippen molar-refractivity contribution in [3.8, 4) is 0 Å². The Hall–Kier alpha value is -1.10. The number of anilines is 2. The van der Waals surface area contributed by atoms with Gasteiger partial charge < -0.3 is 10.6 Å². The molecule has 2 aliphatic carbocycles. The highest BCUT2D eigenvalue weighted by Crippen LogP contribution is 2.49. The van der Waals surface area contributed by atoms with E-state index in [1.165, 1.54) is 25.7 Å². The molecule has 0 spiro atoms. The minimum Gasteiger partial charge on any atom is -0.357 e. The molecule has 2 N–H and O–H groups in total. The standard InChI is InChI=1S/C13H20ClN5/c1-7(10-6-8-3-4-9(10)5-8)16-13-18-11(14)17-12(15-2)19-13/h7-10H,3-6H2,1-2H3,(H2,15,16,17,18,19). The van der Waals surface area contributed by atoms with Crippen LogP contribution in [0.2, 0.25) is 5.28 Å². The third-order valence-electron chi connectivity index (χ3n) is 4.62. The van der Waals surface area contributed by atoms with Gasteiger partial charge in [-0.25, -0.2) is 0 Å². The summed E-state index contributed by atoms with van der Waals surface area (Å²) in [7, 11) is 1.77. The second-order valence-corrected chi connectivity index (χ2v) is 6.11. The summed E-state index contributed by atoms with van der Waals surface area (Å²) < 4.78 is 0. The van der Waals surface area contributed by atoms with Gasteiger partial charge in [0.15, 0.2) is 0 Å². The first-order valence-electron chi connectivity index (χ1n) is 7.01. The van der Waals surface area contributed by atoms with Crippen LogP contribution in [0.15, 0.2) is 0 Å². The summed E-state index contributed by atoms with van der Waals surface area (Å²) in [6, 6.07) is 0.387. The third-order valence-corrected chi connectivity index (χ3v) is 4.79. The van der Waals surface area contributed by atoms with Crippen LogP contribution in [-0.2, 0) is 0 Å². The molecular formula is C13H20ClN5. The number of hydrogen-bond donors (Lipinski definition) is 2. The van der Waals surface area contributed by atoms with E-state index in [1.54, 1.807) is 7.05 Å². The molecule has 2 bridgehead atoms. The molecule has 2 saturated carbocycles. The van der Waals surface area contributed by atoms with Gasteiger partial charge in [-0.15, -0.1) is 0 Å². The van der Waals surface area contributed by atoms with Crippen molar-refractivity contribution in [3.63, 3.8) is 0 Å². The molecule has 104 valence electrons. The van der Waals surface area contributed by atoms with Gasteiger partial charge in [-0.3, -0.25) is 0 Å². The van der Waals surface area contributed by atoms with E-state index in [1.807, 2.05) is 0 Å². The van der Waals surface area contributed by atoms with E-state index in [9.17, 15) is 0 Å². The summed E-state index contributed by atoms with van der Waals surface area (Å²) in [5, 5.41) is 6.51. The highest BCUT2D eigenvalue weighted by Gasteiger charge is 2.41. The quantitative estimate of drug-likeness (QED) is 0.889. The molecule has 2 fully saturated rings. The summed E-state index contributed by atoms with van der Waals surface area (Å²) in [4.78, 5) is 12.4. The van der Waals surface area contributed by atoms with Gasteiger partial charge in [0.25, 0.3) is 0 Å². The van der Waals surface area contributed by atoms with Gasteiger partial charge in [0.1, 0.15) is 0 Å². The molecule has 4 unspecified atom stereocenters. The predicted molar refractivity (Wildman–Crippen MR) is 76.4 cm³/mol. The van der Waals surface area contributed by atoms with Crippen molar-refractivity contribution in [1.29, 1.82) is 0 Å². The molecule has 2 aliphatic rings. The second-order valence-electron chi connectivity index (χ2n) is 5.77. The number of rotatable bonds is 4. The van der Waals surface area contributed by atoms with Crippen LogP contribution in [0.1, 0.15) is 32.6 Å². The fourth-order valence-corrected chi connectivity index (χ4v) is 3.90. The Balaban J connectivity index is 1.69. The van der Waals surface area contributed by atoms with Crippen LogP contribution >= 0.6 is 11.6 Å². The average molecular weight is 282 g/mol. The summed E-state index contributed by atoms with van der Waals surface area (Å²) >= 11 is 5.89. The van der Waals surface area contributed by atoms with Crippen molar-refractivity contribution < 1.29 is 0 Å². The normalized spacial score (nSPS) is 30.4. The number of fused-ring (bicyclic) bond motifs is 2.